The summed E-state index contributed by atoms with van der Waals surface area (Å²) in [6, 6.07) is 3.02. The largest absolute Gasteiger partial charge is 0.383 e. The standard InChI is InChI=1S/C16H24FNO/c1-4-16(19,15-6-5-14(17)10-18-15)13-8-11(2)7-12(3)9-13/h5-6,10-13,19H,4,7-9H2,1-3H3. The van der Waals surface area contributed by atoms with Crippen molar-refractivity contribution in [2.45, 2.75) is 52.1 Å². The molecule has 0 bridgehead atoms. The van der Waals surface area contributed by atoms with Crippen molar-refractivity contribution in [1.29, 1.82) is 0 Å². The van der Waals surface area contributed by atoms with Crippen molar-refractivity contribution in [3.63, 3.8) is 0 Å². The molecule has 2 nitrogen and oxygen atoms in total. The molecule has 1 N–H and O–H groups in total. The number of nitrogens with zero attached hydrogens (tertiary/aromatic N) is 1. The second-order valence-electron chi connectivity index (χ2n) is 6.25. The van der Waals surface area contributed by atoms with E-state index in [0.29, 0.717) is 24.0 Å². The second-order valence-corrected chi connectivity index (χ2v) is 6.25. The number of aliphatic hydroxyl groups is 1. The summed E-state index contributed by atoms with van der Waals surface area (Å²) < 4.78 is 13.0. The Hall–Kier alpha value is -0.960. The Balaban J connectivity index is 2.28. The van der Waals surface area contributed by atoms with Crippen LogP contribution >= 0.6 is 0 Å². The van der Waals surface area contributed by atoms with Gasteiger partial charge in [0.15, 0.2) is 0 Å². The molecule has 2 rings (SSSR count). The van der Waals surface area contributed by atoms with Crippen LogP contribution in [0.5, 0.6) is 0 Å². The molecule has 0 aromatic carbocycles. The van der Waals surface area contributed by atoms with E-state index >= 15 is 0 Å². The first-order chi connectivity index (χ1) is 8.95. The molecule has 3 unspecified atom stereocenters. The maximum atomic E-state index is 13.0. The molecular formula is C16H24FNO. The van der Waals surface area contributed by atoms with Crippen molar-refractivity contribution in [1.82, 2.24) is 4.98 Å². The van der Waals surface area contributed by atoms with Gasteiger partial charge in [-0.15, -0.1) is 0 Å². The average Bonchev–Trinajstić information content (AvgIpc) is 2.37. The van der Waals surface area contributed by atoms with Crippen LogP contribution in [0.25, 0.3) is 0 Å². The molecule has 1 heterocycles. The third kappa shape index (κ3) is 2.97. The number of hydrogen-bond donors (Lipinski definition) is 1. The number of pyridine rings is 1. The number of hydrogen-bond acceptors (Lipinski definition) is 2. The Morgan fingerprint density at radius 3 is 2.37 bits per heavy atom. The molecule has 1 aliphatic rings. The van der Waals surface area contributed by atoms with Crippen LogP contribution in [0.1, 0.15) is 52.1 Å². The van der Waals surface area contributed by atoms with E-state index in [2.05, 4.69) is 18.8 Å². The predicted molar refractivity (Wildman–Crippen MR) is 74.1 cm³/mol. The van der Waals surface area contributed by atoms with Crippen LogP contribution in [0, 0.1) is 23.6 Å². The van der Waals surface area contributed by atoms with E-state index in [-0.39, 0.29) is 11.7 Å². The molecular weight excluding hydrogens is 241 g/mol. The first kappa shape index (κ1) is 14.4. The van der Waals surface area contributed by atoms with Crippen molar-refractivity contribution in [2.75, 3.05) is 0 Å². The van der Waals surface area contributed by atoms with Crippen LogP contribution in [-0.4, -0.2) is 10.1 Å². The number of halogens is 1. The molecule has 19 heavy (non-hydrogen) atoms. The van der Waals surface area contributed by atoms with Gasteiger partial charge < -0.3 is 5.11 Å². The molecule has 0 spiro atoms. The zero-order valence-corrected chi connectivity index (χ0v) is 12.1. The third-order valence-electron chi connectivity index (χ3n) is 4.56. The molecule has 0 aliphatic heterocycles. The Kier molecular flexibility index (Phi) is 4.24. The summed E-state index contributed by atoms with van der Waals surface area (Å²) in [5.74, 6) is 1.13. The van der Waals surface area contributed by atoms with Crippen molar-refractivity contribution in [2.24, 2.45) is 17.8 Å². The topological polar surface area (TPSA) is 33.1 Å². The van der Waals surface area contributed by atoms with Crippen LogP contribution in [0.3, 0.4) is 0 Å². The van der Waals surface area contributed by atoms with Crippen molar-refractivity contribution in [3.8, 4) is 0 Å². The molecule has 3 atom stereocenters. The fraction of sp³-hybridized carbons (Fsp3) is 0.688. The van der Waals surface area contributed by atoms with Gasteiger partial charge in [-0.1, -0.05) is 20.8 Å². The predicted octanol–water partition coefficient (Wildman–Crippen LogP) is 3.89. The third-order valence-corrected chi connectivity index (χ3v) is 4.56. The molecule has 1 aromatic heterocycles. The lowest BCUT2D eigenvalue weighted by Gasteiger charge is -2.41. The summed E-state index contributed by atoms with van der Waals surface area (Å²) in [6.45, 7) is 6.47. The van der Waals surface area contributed by atoms with Crippen molar-refractivity contribution < 1.29 is 9.50 Å². The first-order valence-corrected chi connectivity index (χ1v) is 7.30. The summed E-state index contributed by atoms with van der Waals surface area (Å²) in [5.41, 5.74) is -0.306. The smallest absolute Gasteiger partial charge is 0.141 e. The highest BCUT2D eigenvalue weighted by molar-refractivity contribution is 5.15. The lowest BCUT2D eigenvalue weighted by Crippen LogP contribution is -2.39. The molecule has 1 fully saturated rings. The fourth-order valence-electron chi connectivity index (χ4n) is 3.65. The lowest BCUT2D eigenvalue weighted by molar-refractivity contribution is -0.0607. The summed E-state index contributed by atoms with van der Waals surface area (Å²) in [5, 5.41) is 11.1. The monoisotopic (exact) mass is 265 g/mol. The van der Waals surface area contributed by atoms with Crippen molar-refractivity contribution in [3.05, 3.63) is 29.8 Å². The summed E-state index contributed by atoms with van der Waals surface area (Å²) in [6.07, 6.45) is 5.09. The Morgan fingerprint density at radius 1 is 1.26 bits per heavy atom. The highest BCUT2D eigenvalue weighted by Gasteiger charge is 2.41. The van der Waals surface area contributed by atoms with Crippen molar-refractivity contribution >= 4 is 0 Å². The SMILES string of the molecule is CCC(O)(c1ccc(F)cn1)C1CC(C)CC(C)C1. The normalized spacial score (nSPS) is 30.9. The van der Waals surface area contributed by atoms with E-state index in [0.717, 1.165) is 12.8 Å². The van der Waals surface area contributed by atoms with Gasteiger partial charge in [-0.25, -0.2) is 4.39 Å². The minimum Gasteiger partial charge on any atom is -0.383 e. The Bertz CT molecular complexity index is 409. The molecule has 1 aliphatic carbocycles. The van der Waals surface area contributed by atoms with Gasteiger partial charge in [-0.3, -0.25) is 4.98 Å². The van der Waals surface area contributed by atoms with E-state index in [1.807, 2.05) is 6.92 Å². The van der Waals surface area contributed by atoms with E-state index < -0.39 is 5.60 Å². The van der Waals surface area contributed by atoms with E-state index in [4.69, 9.17) is 0 Å². The van der Waals surface area contributed by atoms with E-state index in [1.54, 1.807) is 6.07 Å². The lowest BCUT2D eigenvalue weighted by atomic mass is 9.67. The van der Waals surface area contributed by atoms with Crippen LogP contribution in [-0.2, 0) is 5.60 Å². The summed E-state index contributed by atoms with van der Waals surface area (Å²) in [4.78, 5) is 4.12. The molecule has 0 radical (unpaired) electrons. The zero-order valence-electron chi connectivity index (χ0n) is 12.1. The quantitative estimate of drug-likeness (QED) is 0.899. The Morgan fingerprint density at radius 2 is 1.89 bits per heavy atom. The molecule has 0 amide bonds. The van der Waals surface area contributed by atoms with Gasteiger partial charge in [-0.2, -0.15) is 0 Å². The maximum absolute atomic E-state index is 13.0. The summed E-state index contributed by atoms with van der Waals surface area (Å²) in [7, 11) is 0. The maximum Gasteiger partial charge on any atom is 0.141 e. The van der Waals surface area contributed by atoms with Crippen LogP contribution in [0.4, 0.5) is 4.39 Å². The Labute approximate surface area is 115 Å². The van der Waals surface area contributed by atoms with Gasteiger partial charge in [0.2, 0.25) is 0 Å². The summed E-state index contributed by atoms with van der Waals surface area (Å²) >= 11 is 0. The van der Waals surface area contributed by atoms with Crippen LogP contribution < -0.4 is 0 Å². The van der Waals surface area contributed by atoms with Gasteiger partial charge in [-0.05, 0) is 55.6 Å². The fourth-order valence-corrected chi connectivity index (χ4v) is 3.65. The average molecular weight is 265 g/mol. The second kappa shape index (κ2) is 5.58. The van der Waals surface area contributed by atoms with Crippen LogP contribution in [0.15, 0.2) is 18.3 Å². The molecule has 1 aromatic rings. The van der Waals surface area contributed by atoms with E-state index in [1.165, 1.54) is 18.7 Å². The number of aromatic nitrogens is 1. The minimum atomic E-state index is -0.920. The van der Waals surface area contributed by atoms with E-state index in [9.17, 15) is 9.50 Å². The highest BCUT2D eigenvalue weighted by Crippen LogP contribution is 2.44. The zero-order chi connectivity index (χ0) is 14.0. The molecule has 3 heteroatoms. The highest BCUT2D eigenvalue weighted by atomic mass is 19.1. The van der Waals surface area contributed by atoms with Gasteiger partial charge in [0.05, 0.1) is 11.9 Å². The van der Waals surface area contributed by atoms with Gasteiger partial charge in [0.1, 0.15) is 11.4 Å². The van der Waals surface area contributed by atoms with Gasteiger partial charge >= 0.3 is 0 Å². The minimum absolute atomic E-state index is 0.217. The van der Waals surface area contributed by atoms with Gasteiger partial charge in [0.25, 0.3) is 0 Å². The molecule has 106 valence electrons. The first-order valence-electron chi connectivity index (χ1n) is 7.30. The van der Waals surface area contributed by atoms with Crippen LogP contribution in [0.2, 0.25) is 0 Å². The molecule has 1 saturated carbocycles. The molecule has 0 saturated heterocycles. The number of rotatable bonds is 3. The van der Waals surface area contributed by atoms with Gasteiger partial charge in [0, 0.05) is 0 Å².